The van der Waals surface area contributed by atoms with E-state index in [2.05, 4.69) is 15.6 Å². The second-order valence-electron chi connectivity index (χ2n) is 8.61. The van der Waals surface area contributed by atoms with Gasteiger partial charge in [-0.1, -0.05) is 5.16 Å². The van der Waals surface area contributed by atoms with Crippen LogP contribution in [-0.2, 0) is 14.3 Å². The molecule has 0 bridgehead atoms. The summed E-state index contributed by atoms with van der Waals surface area (Å²) in [5, 5.41) is 21.8. The number of aliphatic hydroxyl groups is 1. The van der Waals surface area contributed by atoms with Crippen LogP contribution in [0.1, 0.15) is 13.5 Å². The lowest BCUT2D eigenvalue weighted by atomic mass is 9.94. The van der Waals surface area contributed by atoms with Gasteiger partial charge < -0.3 is 25.4 Å². The quantitative estimate of drug-likeness (QED) is 0.333. The van der Waals surface area contributed by atoms with E-state index in [1.54, 1.807) is 6.07 Å². The van der Waals surface area contributed by atoms with Crippen LogP contribution in [0.5, 0.6) is 0 Å². The number of ether oxygens (including phenoxy) is 1. The third-order valence-electron chi connectivity index (χ3n) is 6.17. The van der Waals surface area contributed by atoms with Gasteiger partial charge in [-0.3, -0.25) is 23.9 Å². The molecule has 1 aliphatic rings. The average Bonchev–Trinajstić information content (AvgIpc) is 3.52. The average molecular weight is 529 g/mol. The van der Waals surface area contributed by atoms with Gasteiger partial charge in [0, 0.05) is 36.3 Å². The molecule has 4 N–H and O–H groups in total. The van der Waals surface area contributed by atoms with E-state index < -0.39 is 35.6 Å². The molecule has 0 spiro atoms. The van der Waals surface area contributed by atoms with Crippen LogP contribution in [0.2, 0.25) is 0 Å². The van der Waals surface area contributed by atoms with Crippen LogP contribution in [0.3, 0.4) is 0 Å². The number of aromatic nitrogens is 4. The summed E-state index contributed by atoms with van der Waals surface area (Å²) in [5.74, 6) is -1.34. The highest BCUT2D eigenvalue weighted by Crippen LogP contribution is 2.29. The standard InChI is InChI=1S/C23H21F2N7O6/c1-23(18(34)20(35)27-12-2-4-14-15(10-12)38-29-19(14)26)21(36)30(8-9-37-23)16-6-7-32(28-16)13-3-5-17(33)31(11-13)22(24)25/h2-7,10-11,18,22,34H,8-9H2,1H3,(H2,26,29)(H,27,35)/t18-,23-/m0/s1. The molecule has 15 heteroatoms. The van der Waals surface area contributed by atoms with E-state index >= 15 is 0 Å². The first-order valence-corrected chi connectivity index (χ1v) is 11.2. The molecule has 0 aliphatic carbocycles. The Morgan fingerprint density at radius 1 is 1.24 bits per heavy atom. The maximum atomic E-state index is 13.4. The Bertz CT molecular complexity index is 1600. The zero-order valence-electron chi connectivity index (χ0n) is 19.7. The highest BCUT2D eigenvalue weighted by molar-refractivity contribution is 6.06. The number of fused-ring (bicyclic) bond motifs is 1. The normalized spacial score (nSPS) is 18.8. The van der Waals surface area contributed by atoms with Crippen LogP contribution in [0.15, 0.2) is 58.1 Å². The first kappa shape index (κ1) is 25.0. The molecular weight excluding hydrogens is 508 g/mol. The lowest BCUT2D eigenvalue weighted by Crippen LogP contribution is -2.63. The van der Waals surface area contributed by atoms with E-state index in [0.29, 0.717) is 11.0 Å². The number of hydrogen-bond donors (Lipinski definition) is 3. The first-order valence-electron chi connectivity index (χ1n) is 11.2. The molecule has 0 saturated carbocycles. The molecule has 3 aromatic heterocycles. The minimum absolute atomic E-state index is 0.0288. The number of nitrogen functional groups attached to an aromatic ring is 1. The van der Waals surface area contributed by atoms with Gasteiger partial charge in [-0.05, 0) is 25.1 Å². The topological polar surface area (TPSA) is 171 Å². The van der Waals surface area contributed by atoms with Gasteiger partial charge in [0.2, 0.25) is 0 Å². The number of morpholine rings is 1. The summed E-state index contributed by atoms with van der Waals surface area (Å²) in [4.78, 5) is 39.1. The van der Waals surface area contributed by atoms with Crippen molar-refractivity contribution in [3.05, 3.63) is 59.1 Å². The molecule has 2 atom stereocenters. The van der Waals surface area contributed by atoms with Crippen LogP contribution in [0.25, 0.3) is 16.7 Å². The number of pyridine rings is 1. The third-order valence-corrected chi connectivity index (χ3v) is 6.17. The van der Waals surface area contributed by atoms with Crippen molar-refractivity contribution in [3.8, 4) is 5.69 Å². The minimum atomic E-state index is -3.04. The maximum absolute atomic E-state index is 13.4. The fourth-order valence-electron chi connectivity index (χ4n) is 4.07. The van der Waals surface area contributed by atoms with Gasteiger partial charge in [-0.25, -0.2) is 4.68 Å². The lowest BCUT2D eigenvalue weighted by molar-refractivity contribution is -0.170. The lowest BCUT2D eigenvalue weighted by Gasteiger charge is -2.40. The fraction of sp³-hybridized carbons (Fsp3) is 0.261. The molecule has 198 valence electrons. The summed E-state index contributed by atoms with van der Waals surface area (Å²) < 4.78 is 38.3. The van der Waals surface area contributed by atoms with Crippen molar-refractivity contribution in [3.63, 3.8) is 0 Å². The number of amides is 2. The second kappa shape index (κ2) is 9.35. The Morgan fingerprint density at radius 3 is 2.79 bits per heavy atom. The molecule has 4 heterocycles. The van der Waals surface area contributed by atoms with Crippen molar-refractivity contribution >= 4 is 40.1 Å². The monoisotopic (exact) mass is 529 g/mol. The number of nitrogens with two attached hydrogens (primary N) is 1. The molecular formula is C23H21F2N7O6. The van der Waals surface area contributed by atoms with Crippen LogP contribution in [0, 0.1) is 0 Å². The number of anilines is 3. The molecule has 5 rings (SSSR count). The van der Waals surface area contributed by atoms with Crippen LogP contribution in [-0.4, -0.2) is 61.3 Å². The highest BCUT2D eigenvalue weighted by atomic mass is 19.3. The molecule has 1 aliphatic heterocycles. The summed E-state index contributed by atoms with van der Waals surface area (Å²) in [6, 6.07) is 8.31. The predicted octanol–water partition coefficient (Wildman–Crippen LogP) is 1.27. The van der Waals surface area contributed by atoms with Gasteiger partial charge in [0.15, 0.2) is 28.9 Å². The van der Waals surface area contributed by atoms with Gasteiger partial charge in [0.25, 0.3) is 17.4 Å². The van der Waals surface area contributed by atoms with Crippen LogP contribution >= 0.6 is 0 Å². The molecule has 0 radical (unpaired) electrons. The molecule has 2 amide bonds. The van der Waals surface area contributed by atoms with Crippen molar-refractivity contribution in [1.29, 1.82) is 0 Å². The van der Waals surface area contributed by atoms with E-state index in [1.807, 2.05) is 0 Å². The van der Waals surface area contributed by atoms with Crippen LogP contribution < -0.4 is 21.5 Å². The van der Waals surface area contributed by atoms with Crippen molar-refractivity contribution < 1.29 is 32.7 Å². The number of carbonyl (C=O) groups is 2. The van der Waals surface area contributed by atoms with Crippen molar-refractivity contribution in [1.82, 2.24) is 19.5 Å². The number of halogens is 2. The van der Waals surface area contributed by atoms with E-state index in [4.69, 9.17) is 15.0 Å². The Balaban J connectivity index is 1.35. The van der Waals surface area contributed by atoms with Gasteiger partial charge in [-0.15, -0.1) is 5.10 Å². The SMILES string of the molecule is C[C@@]1([C@@H](O)C(=O)Nc2ccc3c(N)noc3c2)OCCN(c2ccn(-c3ccc(=O)n(C(F)F)c3)n2)C1=O. The Morgan fingerprint density at radius 2 is 2.03 bits per heavy atom. The zero-order valence-corrected chi connectivity index (χ0v) is 19.7. The van der Waals surface area contributed by atoms with Gasteiger partial charge in [-0.2, -0.15) is 8.78 Å². The summed E-state index contributed by atoms with van der Waals surface area (Å²) in [6.07, 6.45) is 0.443. The van der Waals surface area contributed by atoms with E-state index in [-0.39, 0.29) is 40.7 Å². The number of benzene rings is 1. The Kier molecular flexibility index (Phi) is 6.16. The zero-order chi connectivity index (χ0) is 27.2. The van der Waals surface area contributed by atoms with Crippen molar-refractivity contribution in [2.45, 2.75) is 25.2 Å². The number of carbonyl (C=O) groups excluding carboxylic acids is 2. The summed E-state index contributed by atoms with van der Waals surface area (Å²) in [5.41, 5.74) is 3.58. The number of rotatable bonds is 6. The molecule has 4 aromatic rings. The molecule has 13 nitrogen and oxygen atoms in total. The Hall–Kier alpha value is -4.63. The molecule has 0 unspecified atom stereocenters. The molecule has 1 saturated heterocycles. The van der Waals surface area contributed by atoms with Gasteiger partial charge in [0.1, 0.15) is 0 Å². The summed E-state index contributed by atoms with van der Waals surface area (Å²) in [7, 11) is 0. The van der Waals surface area contributed by atoms with Crippen molar-refractivity contribution in [2.24, 2.45) is 0 Å². The maximum Gasteiger partial charge on any atom is 0.321 e. The minimum Gasteiger partial charge on any atom is -0.380 e. The number of nitrogens with zero attached hydrogens (tertiary/aromatic N) is 5. The van der Waals surface area contributed by atoms with Crippen molar-refractivity contribution in [2.75, 3.05) is 29.1 Å². The second-order valence-corrected chi connectivity index (χ2v) is 8.61. The fourth-order valence-corrected chi connectivity index (χ4v) is 4.07. The van der Waals surface area contributed by atoms with Gasteiger partial charge >= 0.3 is 6.55 Å². The van der Waals surface area contributed by atoms with E-state index in [9.17, 15) is 28.3 Å². The summed E-state index contributed by atoms with van der Waals surface area (Å²) in [6.45, 7) is -1.73. The summed E-state index contributed by atoms with van der Waals surface area (Å²) >= 11 is 0. The number of nitrogens with one attached hydrogen (secondary N) is 1. The highest BCUT2D eigenvalue weighted by Gasteiger charge is 2.51. The molecule has 1 aromatic carbocycles. The third kappa shape index (κ3) is 4.26. The van der Waals surface area contributed by atoms with E-state index in [1.165, 1.54) is 47.0 Å². The smallest absolute Gasteiger partial charge is 0.321 e. The molecule has 1 fully saturated rings. The molecule has 38 heavy (non-hydrogen) atoms. The van der Waals surface area contributed by atoms with Gasteiger partial charge in [0.05, 0.1) is 24.2 Å². The Labute approximate surface area is 212 Å². The first-order chi connectivity index (χ1) is 18.1. The largest absolute Gasteiger partial charge is 0.380 e. The number of alkyl halides is 2. The van der Waals surface area contributed by atoms with E-state index in [0.717, 1.165) is 12.3 Å². The number of hydrogen-bond acceptors (Lipinski definition) is 9. The van der Waals surface area contributed by atoms with Crippen LogP contribution in [0.4, 0.5) is 26.1 Å². The predicted molar refractivity (Wildman–Crippen MR) is 129 cm³/mol. The number of aliphatic hydroxyl groups excluding tert-OH is 1.